The van der Waals surface area contributed by atoms with E-state index < -0.39 is 5.60 Å². The molecule has 7 nitrogen and oxygen atoms in total. The summed E-state index contributed by atoms with van der Waals surface area (Å²) < 4.78 is 11.0. The van der Waals surface area contributed by atoms with Gasteiger partial charge in [0.15, 0.2) is 5.96 Å². The second kappa shape index (κ2) is 10.2. The molecule has 0 aliphatic rings. The van der Waals surface area contributed by atoms with Gasteiger partial charge < -0.3 is 24.6 Å². The van der Waals surface area contributed by atoms with Crippen molar-refractivity contribution in [1.29, 1.82) is 0 Å². The van der Waals surface area contributed by atoms with E-state index in [1.807, 2.05) is 19.1 Å². The molecule has 0 radical (unpaired) electrons. The number of aliphatic hydroxyl groups is 1. The lowest BCUT2D eigenvalue weighted by Gasteiger charge is -2.29. The maximum absolute atomic E-state index is 10.6. The van der Waals surface area contributed by atoms with Crippen molar-refractivity contribution in [2.75, 3.05) is 32.7 Å². The summed E-state index contributed by atoms with van der Waals surface area (Å²) in [6.07, 6.45) is 3.25. The Morgan fingerprint density at radius 3 is 2.41 bits per heavy atom. The van der Waals surface area contributed by atoms with E-state index in [4.69, 9.17) is 8.83 Å². The van der Waals surface area contributed by atoms with Crippen LogP contribution in [0.2, 0.25) is 0 Å². The van der Waals surface area contributed by atoms with Crippen molar-refractivity contribution >= 4 is 5.96 Å². The third-order valence-corrected chi connectivity index (χ3v) is 4.53. The van der Waals surface area contributed by atoms with E-state index in [1.54, 1.807) is 31.6 Å². The van der Waals surface area contributed by atoms with Crippen LogP contribution in [0.25, 0.3) is 0 Å². The molecule has 2 atom stereocenters. The summed E-state index contributed by atoms with van der Waals surface area (Å²) in [5.74, 6) is 2.07. The summed E-state index contributed by atoms with van der Waals surface area (Å²) in [6, 6.07) is 7.52. The molecular weight excluding hydrogens is 344 g/mol. The fraction of sp³-hybridized carbons (Fsp3) is 0.550. The third kappa shape index (κ3) is 5.87. The predicted molar refractivity (Wildman–Crippen MR) is 107 cm³/mol. The zero-order chi connectivity index (χ0) is 19.7. The monoisotopic (exact) mass is 376 g/mol. The minimum Gasteiger partial charge on any atom is -0.468 e. The van der Waals surface area contributed by atoms with Crippen molar-refractivity contribution < 1.29 is 13.9 Å². The van der Waals surface area contributed by atoms with Crippen LogP contribution in [0.1, 0.15) is 45.3 Å². The van der Waals surface area contributed by atoms with Gasteiger partial charge >= 0.3 is 0 Å². The van der Waals surface area contributed by atoms with Crippen LogP contribution in [-0.4, -0.2) is 48.7 Å². The normalized spacial score (nSPS) is 15.6. The molecular formula is C20H32N4O3. The van der Waals surface area contributed by atoms with Crippen molar-refractivity contribution in [2.45, 2.75) is 39.3 Å². The summed E-state index contributed by atoms with van der Waals surface area (Å²) in [5.41, 5.74) is -1.16. The minimum atomic E-state index is -1.16. The Kier molecular flexibility index (Phi) is 7.94. The number of hydrogen-bond donors (Lipinski definition) is 3. The zero-order valence-corrected chi connectivity index (χ0v) is 16.7. The maximum atomic E-state index is 10.6. The highest BCUT2D eigenvalue weighted by Gasteiger charge is 2.26. The molecule has 0 aliphatic carbocycles. The highest BCUT2D eigenvalue weighted by Crippen LogP contribution is 2.22. The van der Waals surface area contributed by atoms with Gasteiger partial charge in [-0.3, -0.25) is 4.90 Å². The second-order valence-electron chi connectivity index (χ2n) is 6.58. The molecule has 0 bridgehead atoms. The summed E-state index contributed by atoms with van der Waals surface area (Å²) in [5, 5.41) is 17.2. The summed E-state index contributed by atoms with van der Waals surface area (Å²) in [6.45, 7) is 11.4. The molecule has 0 saturated carbocycles. The Bertz CT molecular complexity index is 661. The molecule has 7 heteroatoms. The topological polar surface area (TPSA) is 86.2 Å². The number of likely N-dealkylation sites (N-methyl/N-ethyl adjacent to an activating group) is 1. The lowest BCUT2D eigenvalue weighted by Crippen LogP contribution is -2.43. The molecule has 2 heterocycles. The molecule has 0 fully saturated rings. The van der Waals surface area contributed by atoms with E-state index in [0.29, 0.717) is 18.3 Å². The minimum absolute atomic E-state index is 0.101. The molecule has 27 heavy (non-hydrogen) atoms. The molecule has 2 aromatic rings. The van der Waals surface area contributed by atoms with Gasteiger partial charge in [-0.05, 0) is 51.2 Å². The SMILES string of the molecule is CCNC(=NCC(C)(O)c1ccco1)NCC(c1ccco1)N(CC)CC. The molecule has 3 N–H and O–H groups in total. The van der Waals surface area contributed by atoms with Gasteiger partial charge in [-0.15, -0.1) is 0 Å². The number of nitrogens with one attached hydrogen (secondary N) is 2. The number of aliphatic imine (C=N–C) groups is 1. The fourth-order valence-corrected chi connectivity index (χ4v) is 2.99. The van der Waals surface area contributed by atoms with Crippen molar-refractivity contribution in [3.8, 4) is 0 Å². The second-order valence-corrected chi connectivity index (χ2v) is 6.58. The highest BCUT2D eigenvalue weighted by molar-refractivity contribution is 5.79. The first-order chi connectivity index (χ1) is 13.0. The number of guanidine groups is 1. The van der Waals surface area contributed by atoms with Crippen LogP contribution in [0.5, 0.6) is 0 Å². The van der Waals surface area contributed by atoms with Crippen molar-refractivity contribution in [3.05, 3.63) is 48.3 Å². The van der Waals surface area contributed by atoms with E-state index in [-0.39, 0.29) is 12.6 Å². The van der Waals surface area contributed by atoms with Crippen molar-refractivity contribution in [1.82, 2.24) is 15.5 Å². The van der Waals surface area contributed by atoms with E-state index >= 15 is 0 Å². The zero-order valence-electron chi connectivity index (χ0n) is 16.7. The van der Waals surface area contributed by atoms with Crippen molar-refractivity contribution in [3.63, 3.8) is 0 Å². The van der Waals surface area contributed by atoms with Crippen LogP contribution < -0.4 is 10.6 Å². The lowest BCUT2D eigenvalue weighted by molar-refractivity contribution is 0.0437. The summed E-state index contributed by atoms with van der Waals surface area (Å²) >= 11 is 0. The van der Waals surface area contributed by atoms with Gasteiger partial charge in [-0.1, -0.05) is 13.8 Å². The number of hydrogen-bond acceptors (Lipinski definition) is 5. The molecule has 2 aromatic heterocycles. The van der Waals surface area contributed by atoms with E-state index in [9.17, 15) is 5.11 Å². The Hall–Kier alpha value is -2.25. The first kappa shape index (κ1) is 21.1. The number of furan rings is 2. The quantitative estimate of drug-likeness (QED) is 0.437. The van der Waals surface area contributed by atoms with E-state index in [2.05, 4.69) is 34.4 Å². The van der Waals surface area contributed by atoms with Gasteiger partial charge in [-0.25, -0.2) is 4.99 Å². The van der Waals surface area contributed by atoms with Gasteiger partial charge in [-0.2, -0.15) is 0 Å². The largest absolute Gasteiger partial charge is 0.468 e. The Balaban J connectivity index is 2.07. The highest BCUT2D eigenvalue weighted by atomic mass is 16.4. The molecule has 0 saturated heterocycles. The first-order valence-corrected chi connectivity index (χ1v) is 9.57. The number of rotatable bonds is 10. The first-order valence-electron chi connectivity index (χ1n) is 9.57. The van der Waals surface area contributed by atoms with Crippen LogP contribution in [0.3, 0.4) is 0 Å². The van der Waals surface area contributed by atoms with Crippen molar-refractivity contribution in [2.24, 2.45) is 4.99 Å². The van der Waals surface area contributed by atoms with E-state index in [0.717, 1.165) is 25.4 Å². The van der Waals surface area contributed by atoms with Crippen LogP contribution in [0, 0.1) is 0 Å². The maximum Gasteiger partial charge on any atom is 0.191 e. The van der Waals surface area contributed by atoms with Gasteiger partial charge in [0.05, 0.1) is 25.1 Å². The lowest BCUT2D eigenvalue weighted by atomic mass is 10.0. The molecule has 150 valence electrons. The Morgan fingerprint density at radius 2 is 1.85 bits per heavy atom. The molecule has 0 aromatic carbocycles. The molecule has 0 aliphatic heterocycles. The Morgan fingerprint density at radius 1 is 1.15 bits per heavy atom. The van der Waals surface area contributed by atoms with Crippen LogP contribution >= 0.6 is 0 Å². The van der Waals surface area contributed by atoms with Crippen LogP contribution in [0.15, 0.2) is 50.6 Å². The average Bonchev–Trinajstić information content (AvgIpc) is 3.37. The van der Waals surface area contributed by atoms with Gasteiger partial charge in [0.2, 0.25) is 0 Å². The number of nitrogens with zero attached hydrogens (tertiary/aromatic N) is 2. The predicted octanol–water partition coefficient (Wildman–Crippen LogP) is 2.72. The van der Waals surface area contributed by atoms with Gasteiger partial charge in [0.25, 0.3) is 0 Å². The fourth-order valence-electron chi connectivity index (χ4n) is 2.99. The average molecular weight is 377 g/mol. The summed E-state index contributed by atoms with van der Waals surface area (Å²) in [4.78, 5) is 6.87. The smallest absolute Gasteiger partial charge is 0.191 e. The molecule has 0 amide bonds. The third-order valence-electron chi connectivity index (χ3n) is 4.53. The van der Waals surface area contributed by atoms with Gasteiger partial charge in [0.1, 0.15) is 17.1 Å². The van der Waals surface area contributed by atoms with E-state index in [1.165, 1.54) is 0 Å². The molecule has 2 unspecified atom stereocenters. The summed E-state index contributed by atoms with van der Waals surface area (Å²) in [7, 11) is 0. The molecule has 0 spiro atoms. The van der Waals surface area contributed by atoms with Crippen LogP contribution in [-0.2, 0) is 5.60 Å². The Labute approximate surface area is 161 Å². The van der Waals surface area contributed by atoms with Gasteiger partial charge in [0, 0.05) is 13.1 Å². The van der Waals surface area contributed by atoms with Crippen LogP contribution in [0.4, 0.5) is 0 Å². The molecule has 2 rings (SSSR count). The standard InChI is InChI=1S/C20H32N4O3/c1-5-21-19(23-15-20(4,25)18-11-9-13-27-18)22-14-16(24(6-2)7-3)17-10-8-12-26-17/h8-13,16,25H,5-7,14-15H2,1-4H3,(H2,21,22,23).